The van der Waals surface area contributed by atoms with E-state index in [4.69, 9.17) is 9.47 Å². The molecule has 0 radical (unpaired) electrons. The van der Waals surface area contributed by atoms with E-state index in [1.807, 2.05) is 12.1 Å². The smallest absolute Gasteiger partial charge is 0.339 e. The van der Waals surface area contributed by atoms with Crippen LogP contribution in [-0.4, -0.2) is 43.7 Å². The Morgan fingerprint density at radius 1 is 1.22 bits per heavy atom. The Hall–Kier alpha value is -1.39. The summed E-state index contributed by atoms with van der Waals surface area (Å²) in [4.78, 5) is 14.7. The number of ether oxygens (including phenoxy) is 2. The van der Waals surface area contributed by atoms with Gasteiger partial charge in [-0.2, -0.15) is 0 Å². The van der Waals surface area contributed by atoms with Gasteiger partial charge in [-0.05, 0) is 31.7 Å². The molecule has 2 fully saturated rings. The van der Waals surface area contributed by atoms with Crippen molar-refractivity contribution in [1.29, 1.82) is 0 Å². The molecule has 1 aromatic carbocycles. The van der Waals surface area contributed by atoms with Gasteiger partial charge in [0.2, 0.25) is 0 Å². The fourth-order valence-electron chi connectivity index (χ4n) is 4.26. The lowest BCUT2D eigenvalue weighted by Gasteiger charge is -2.40. The highest BCUT2D eigenvalue weighted by molar-refractivity contribution is 5.94. The lowest BCUT2D eigenvalue weighted by molar-refractivity contribution is -0.0474. The molecular formula is C19H25NO3. The van der Waals surface area contributed by atoms with Crippen LogP contribution in [0, 0.1) is 12.8 Å². The number of carbonyl (C=O) groups is 1. The highest BCUT2D eigenvalue weighted by Crippen LogP contribution is 2.44. The second kappa shape index (κ2) is 5.91. The third-order valence-corrected chi connectivity index (χ3v) is 5.69. The van der Waals surface area contributed by atoms with E-state index in [-0.39, 0.29) is 11.6 Å². The number of piperidine rings is 1. The number of carbonyl (C=O) groups excluding carboxylic acids is 1. The second-order valence-corrected chi connectivity index (χ2v) is 7.29. The SMILES string of the molecule is Cc1ccc2c(c1)C1(CCN(CC3CCOCC3)CC1)OC2=O. The molecule has 0 aliphatic carbocycles. The average Bonchev–Trinajstić information content (AvgIpc) is 2.83. The fourth-order valence-corrected chi connectivity index (χ4v) is 4.26. The monoisotopic (exact) mass is 315 g/mol. The van der Waals surface area contributed by atoms with E-state index in [1.54, 1.807) is 0 Å². The van der Waals surface area contributed by atoms with Crippen LogP contribution >= 0.6 is 0 Å². The van der Waals surface area contributed by atoms with E-state index in [2.05, 4.69) is 17.9 Å². The molecule has 0 unspecified atom stereocenters. The maximum Gasteiger partial charge on any atom is 0.339 e. The Labute approximate surface area is 137 Å². The molecule has 1 aromatic rings. The van der Waals surface area contributed by atoms with Crippen molar-refractivity contribution in [3.63, 3.8) is 0 Å². The number of esters is 1. The molecule has 2 saturated heterocycles. The Morgan fingerprint density at radius 3 is 2.70 bits per heavy atom. The Kier molecular flexibility index (Phi) is 3.90. The summed E-state index contributed by atoms with van der Waals surface area (Å²) in [6.45, 7) is 7.08. The highest BCUT2D eigenvalue weighted by Gasteiger charge is 2.47. The predicted molar refractivity (Wildman–Crippen MR) is 87.5 cm³/mol. The van der Waals surface area contributed by atoms with Crippen molar-refractivity contribution in [2.24, 2.45) is 5.92 Å². The first-order valence-electron chi connectivity index (χ1n) is 8.81. The van der Waals surface area contributed by atoms with E-state index < -0.39 is 0 Å². The van der Waals surface area contributed by atoms with Gasteiger partial charge in [0, 0.05) is 51.3 Å². The van der Waals surface area contributed by atoms with Gasteiger partial charge in [0.25, 0.3) is 0 Å². The van der Waals surface area contributed by atoms with Gasteiger partial charge < -0.3 is 14.4 Å². The first-order valence-corrected chi connectivity index (χ1v) is 8.81. The first kappa shape index (κ1) is 15.2. The van der Waals surface area contributed by atoms with Gasteiger partial charge in [-0.1, -0.05) is 17.7 Å². The number of nitrogens with zero attached hydrogens (tertiary/aromatic N) is 1. The van der Waals surface area contributed by atoms with Crippen LogP contribution in [0.5, 0.6) is 0 Å². The number of hydrogen-bond acceptors (Lipinski definition) is 4. The molecule has 0 aromatic heterocycles. The van der Waals surface area contributed by atoms with Gasteiger partial charge in [-0.25, -0.2) is 4.79 Å². The van der Waals surface area contributed by atoms with E-state index in [9.17, 15) is 4.79 Å². The number of likely N-dealkylation sites (tertiary alicyclic amines) is 1. The summed E-state index contributed by atoms with van der Waals surface area (Å²) >= 11 is 0. The predicted octanol–water partition coefficient (Wildman–Crippen LogP) is 2.88. The van der Waals surface area contributed by atoms with E-state index in [1.165, 1.54) is 18.4 Å². The first-order chi connectivity index (χ1) is 11.2. The van der Waals surface area contributed by atoms with Crippen molar-refractivity contribution in [3.05, 3.63) is 34.9 Å². The average molecular weight is 315 g/mol. The molecule has 4 rings (SSSR count). The molecule has 3 aliphatic rings. The van der Waals surface area contributed by atoms with Crippen molar-refractivity contribution in [2.75, 3.05) is 32.8 Å². The van der Waals surface area contributed by atoms with Crippen LogP contribution in [0.25, 0.3) is 0 Å². The van der Waals surface area contributed by atoms with E-state index >= 15 is 0 Å². The van der Waals surface area contributed by atoms with Crippen LogP contribution in [0.3, 0.4) is 0 Å². The number of fused-ring (bicyclic) bond motifs is 2. The molecule has 0 N–H and O–H groups in total. The molecule has 124 valence electrons. The van der Waals surface area contributed by atoms with Crippen LogP contribution in [0.2, 0.25) is 0 Å². The van der Waals surface area contributed by atoms with Crippen LogP contribution in [-0.2, 0) is 15.1 Å². The number of benzene rings is 1. The zero-order chi connectivity index (χ0) is 15.9. The van der Waals surface area contributed by atoms with Crippen molar-refractivity contribution in [2.45, 2.75) is 38.2 Å². The summed E-state index contributed by atoms with van der Waals surface area (Å²) in [5.74, 6) is 0.622. The Morgan fingerprint density at radius 2 is 1.96 bits per heavy atom. The molecular weight excluding hydrogens is 290 g/mol. The summed E-state index contributed by atoms with van der Waals surface area (Å²) in [6, 6.07) is 6.07. The minimum atomic E-state index is -0.370. The van der Waals surface area contributed by atoms with Crippen LogP contribution < -0.4 is 0 Å². The van der Waals surface area contributed by atoms with E-state index in [0.717, 1.165) is 62.7 Å². The summed E-state index contributed by atoms with van der Waals surface area (Å²) in [6.07, 6.45) is 4.19. The summed E-state index contributed by atoms with van der Waals surface area (Å²) in [7, 11) is 0. The van der Waals surface area contributed by atoms with Gasteiger partial charge in [0.15, 0.2) is 0 Å². The molecule has 0 amide bonds. The van der Waals surface area contributed by atoms with Crippen LogP contribution in [0.15, 0.2) is 18.2 Å². The van der Waals surface area contributed by atoms with Crippen LogP contribution in [0.4, 0.5) is 0 Å². The zero-order valence-electron chi connectivity index (χ0n) is 13.8. The Balaban J connectivity index is 1.45. The number of rotatable bonds is 2. The third kappa shape index (κ3) is 2.79. The number of hydrogen-bond donors (Lipinski definition) is 0. The van der Waals surface area contributed by atoms with Gasteiger partial charge in [0.1, 0.15) is 5.60 Å². The fraction of sp³-hybridized carbons (Fsp3) is 0.632. The molecule has 0 saturated carbocycles. The lowest BCUT2D eigenvalue weighted by atomic mass is 9.82. The topological polar surface area (TPSA) is 38.8 Å². The van der Waals surface area contributed by atoms with Gasteiger partial charge in [0.05, 0.1) is 5.56 Å². The zero-order valence-corrected chi connectivity index (χ0v) is 13.8. The van der Waals surface area contributed by atoms with Crippen molar-refractivity contribution in [3.8, 4) is 0 Å². The summed E-state index contributed by atoms with van der Waals surface area (Å²) in [5.41, 5.74) is 2.72. The normalized spacial score (nSPS) is 24.7. The molecule has 0 bridgehead atoms. The molecule has 0 atom stereocenters. The molecule has 3 heterocycles. The van der Waals surface area contributed by atoms with Crippen LogP contribution in [0.1, 0.15) is 47.2 Å². The van der Waals surface area contributed by atoms with E-state index in [0.29, 0.717) is 0 Å². The van der Waals surface area contributed by atoms with Crippen molar-refractivity contribution in [1.82, 2.24) is 4.90 Å². The minimum Gasteiger partial charge on any atom is -0.450 e. The maximum absolute atomic E-state index is 12.2. The summed E-state index contributed by atoms with van der Waals surface area (Å²) in [5, 5.41) is 0. The quantitative estimate of drug-likeness (QED) is 0.787. The standard InChI is InChI=1S/C19H25NO3/c1-14-2-3-16-17(12-14)19(23-18(16)21)6-8-20(9-7-19)13-15-4-10-22-11-5-15/h2-3,12,15H,4-11,13H2,1H3. The third-order valence-electron chi connectivity index (χ3n) is 5.69. The molecule has 23 heavy (non-hydrogen) atoms. The summed E-state index contributed by atoms with van der Waals surface area (Å²) < 4.78 is 11.3. The Bertz CT molecular complexity index is 599. The van der Waals surface area contributed by atoms with Crippen molar-refractivity contribution < 1.29 is 14.3 Å². The molecule has 3 aliphatic heterocycles. The molecule has 1 spiro atoms. The highest BCUT2D eigenvalue weighted by atomic mass is 16.6. The lowest BCUT2D eigenvalue weighted by Crippen LogP contribution is -2.45. The largest absolute Gasteiger partial charge is 0.450 e. The maximum atomic E-state index is 12.2. The second-order valence-electron chi connectivity index (χ2n) is 7.29. The minimum absolute atomic E-state index is 0.141. The van der Waals surface area contributed by atoms with Gasteiger partial charge in [-0.3, -0.25) is 0 Å². The molecule has 4 heteroatoms. The van der Waals surface area contributed by atoms with Gasteiger partial charge >= 0.3 is 5.97 Å². The van der Waals surface area contributed by atoms with Gasteiger partial charge in [-0.15, -0.1) is 0 Å². The number of aryl methyl sites for hydroxylation is 1. The van der Waals surface area contributed by atoms with Crippen molar-refractivity contribution >= 4 is 5.97 Å². The molecule has 4 nitrogen and oxygen atoms in total.